The van der Waals surface area contributed by atoms with Gasteiger partial charge in [-0.3, -0.25) is 0 Å². The zero-order chi connectivity index (χ0) is 22.1. The van der Waals surface area contributed by atoms with E-state index in [1.54, 1.807) is 23.5 Å². The van der Waals surface area contributed by atoms with Gasteiger partial charge in [0.2, 0.25) is 0 Å². The Bertz CT molecular complexity index is 1250. The Morgan fingerprint density at radius 2 is 1.94 bits per heavy atom. The number of fused-ring (bicyclic) bond motifs is 1. The van der Waals surface area contributed by atoms with E-state index in [2.05, 4.69) is 11.4 Å². The Kier molecular flexibility index (Phi) is 5.41. The Labute approximate surface area is 190 Å². The van der Waals surface area contributed by atoms with Crippen LogP contribution in [0.15, 0.2) is 66.7 Å². The number of carbonyl (C=O) groups is 1. The van der Waals surface area contributed by atoms with Gasteiger partial charge in [0.15, 0.2) is 11.5 Å². The number of urea groups is 1. The number of aromatic hydroxyl groups is 1. The summed E-state index contributed by atoms with van der Waals surface area (Å²) in [7, 11) is 1.52. The fraction of sp³-hybridized carbons (Fsp3) is 0.200. The molecule has 1 aliphatic carbocycles. The van der Waals surface area contributed by atoms with Gasteiger partial charge in [0.05, 0.1) is 23.0 Å². The van der Waals surface area contributed by atoms with Gasteiger partial charge in [0.25, 0.3) is 0 Å². The Morgan fingerprint density at radius 3 is 2.72 bits per heavy atom. The summed E-state index contributed by atoms with van der Waals surface area (Å²) in [5.41, 5.74) is 3.50. The van der Waals surface area contributed by atoms with Crippen LogP contribution in [-0.2, 0) is 6.54 Å². The first-order chi connectivity index (χ1) is 15.6. The lowest BCUT2D eigenvalue weighted by atomic mass is 10.1. The molecule has 0 atom stereocenters. The predicted molar refractivity (Wildman–Crippen MR) is 127 cm³/mol. The number of nitrogens with zero attached hydrogens (tertiary/aromatic N) is 2. The van der Waals surface area contributed by atoms with E-state index in [9.17, 15) is 9.90 Å². The fourth-order valence-electron chi connectivity index (χ4n) is 3.72. The maximum atomic E-state index is 13.3. The van der Waals surface area contributed by atoms with Crippen molar-refractivity contribution in [2.45, 2.75) is 25.4 Å². The molecule has 6 nitrogen and oxygen atoms in total. The van der Waals surface area contributed by atoms with Crippen molar-refractivity contribution in [3.63, 3.8) is 0 Å². The number of nitrogens with one attached hydrogen (secondary N) is 1. The van der Waals surface area contributed by atoms with Crippen molar-refractivity contribution in [2.75, 3.05) is 12.4 Å². The molecule has 0 saturated heterocycles. The number of hydrogen-bond acceptors (Lipinski definition) is 5. The molecule has 0 spiro atoms. The van der Waals surface area contributed by atoms with Gasteiger partial charge in [-0.05, 0) is 54.8 Å². The molecule has 4 aromatic rings. The SMILES string of the molecule is COc1cc(CN(C(=O)Nc2ccccc2-c2nc3ccccc3s2)C2CC2)ccc1O. The number of carbonyl (C=O) groups excluding carboxylic acids is 1. The zero-order valence-electron chi connectivity index (χ0n) is 17.6. The summed E-state index contributed by atoms with van der Waals surface area (Å²) in [5.74, 6) is 0.489. The second-order valence-corrected chi connectivity index (χ2v) is 8.86. The predicted octanol–water partition coefficient (Wildman–Crippen LogP) is 5.87. The van der Waals surface area contributed by atoms with Crippen molar-refractivity contribution in [1.82, 2.24) is 9.88 Å². The third-order valence-electron chi connectivity index (χ3n) is 5.54. The number of methoxy groups -OCH3 is 1. The van der Waals surface area contributed by atoms with E-state index in [1.165, 1.54) is 7.11 Å². The number of phenols is 1. The first-order valence-corrected chi connectivity index (χ1v) is 11.3. The van der Waals surface area contributed by atoms with Gasteiger partial charge in [0.1, 0.15) is 5.01 Å². The van der Waals surface area contributed by atoms with Crippen LogP contribution in [0.25, 0.3) is 20.8 Å². The average Bonchev–Trinajstić information content (AvgIpc) is 3.56. The summed E-state index contributed by atoms with van der Waals surface area (Å²) in [6.07, 6.45) is 1.98. The van der Waals surface area contributed by atoms with Gasteiger partial charge < -0.3 is 20.1 Å². The molecule has 0 aliphatic heterocycles. The number of benzene rings is 3. The fourth-order valence-corrected chi connectivity index (χ4v) is 4.73. The van der Waals surface area contributed by atoms with E-state index in [4.69, 9.17) is 9.72 Å². The molecule has 1 saturated carbocycles. The summed E-state index contributed by atoms with van der Waals surface area (Å²) in [5, 5.41) is 13.8. The molecule has 1 fully saturated rings. The molecular formula is C25H23N3O3S. The van der Waals surface area contributed by atoms with Gasteiger partial charge in [-0.25, -0.2) is 9.78 Å². The average molecular weight is 446 g/mol. The van der Waals surface area contributed by atoms with E-state index in [0.717, 1.165) is 44.9 Å². The van der Waals surface area contributed by atoms with Crippen LogP contribution in [0.4, 0.5) is 10.5 Å². The summed E-state index contributed by atoms with van der Waals surface area (Å²) < 4.78 is 6.33. The van der Waals surface area contributed by atoms with Gasteiger partial charge in [-0.15, -0.1) is 11.3 Å². The highest BCUT2D eigenvalue weighted by atomic mass is 32.1. The number of phenolic OH excluding ortho intramolecular Hbond substituents is 1. The topological polar surface area (TPSA) is 74.7 Å². The second-order valence-electron chi connectivity index (χ2n) is 7.83. The molecule has 5 rings (SSSR count). The Morgan fingerprint density at radius 1 is 1.16 bits per heavy atom. The Balaban J connectivity index is 1.40. The van der Waals surface area contributed by atoms with Crippen LogP contribution in [0.5, 0.6) is 11.5 Å². The molecule has 0 bridgehead atoms. The van der Waals surface area contributed by atoms with E-state index >= 15 is 0 Å². The van der Waals surface area contributed by atoms with Gasteiger partial charge in [0, 0.05) is 18.2 Å². The Hall–Kier alpha value is -3.58. The van der Waals surface area contributed by atoms with Crippen LogP contribution in [0.3, 0.4) is 0 Å². The lowest BCUT2D eigenvalue weighted by Crippen LogP contribution is -2.36. The largest absolute Gasteiger partial charge is 0.504 e. The lowest BCUT2D eigenvalue weighted by Gasteiger charge is -2.24. The summed E-state index contributed by atoms with van der Waals surface area (Å²) in [4.78, 5) is 19.9. The van der Waals surface area contributed by atoms with Crippen LogP contribution in [0, 0.1) is 0 Å². The molecule has 3 aromatic carbocycles. The van der Waals surface area contributed by atoms with Gasteiger partial charge in [-0.1, -0.05) is 30.3 Å². The molecule has 0 unspecified atom stereocenters. The minimum absolute atomic E-state index is 0.0865. The van der Waals surface area contributed by atoms with Gasteiger partial charge in [-0.2, -0.15) is 0 Å². The summed E-state index contributed by atoms with van der Waals surface area (Å²) in [6.45, 7) is 0.441. The van der Waals surface area contributed by atoms with Crippen LogP contribution >= 0.6 is 11.3 Å². The molecule has 7 heteroatoms. The third kappa shape index (κ3) is 4.11. The zero-order valence-corrected chi connectivity index (χ0v) is 18.4. The highest BCUT2D eigenvalue weighted by molar-refractivity contribution is 7.21. The number of rotatable bonds is 6. The van der Waals surface area contributed by atoms with E-state index < -0.39 is 0 Å². The van der Waals surface area contributed by atoms with Crippen LogP contribution in [0.1, 0.15) is 18.4 Å². The standard InChI is InChI=1S/C25H23N3O3S/c1-31-22-14-16(10-13-21(22)29)15-28(17-11-12-17)25(30)27-19-7-3-2-6-18(19)24-26-20-8-4-5-9-23(20)32-24/h2-10,13-14,17,29H,11-12,15H2,1H3,(H,27,30). The quantitative estimate of drug-likeness (QED) is 0.389. The number of amides is 2. The molecule has 0 radical (unpaired) electrons. The number of ether oxygens (including phenoxy) is 1. The highest BCUT2D eigenvalue weighted by Crippen LogP contribution is 2.36. The molecule has 1 aromatic heterocycles. The monoisotopic (exact) mass is 445 g/mol. The summed E-state index contributed by atoms with van der Waals surface area (Å²) >= 11 is 1.61. The van der Waals surface area contributed by atoms with Crippen molar-refractivity contribution >= 4 is 33.3 Å². The molecule has 162 valence electrons. The highest BCUT2D eigenvalue weighted by Gasteiger charge is 2.33. The van der Waals surface area contributed by atoms with Crippen LogP contribution < -0.4 is 10.1 Å². The number of hydrogen-bond donors (Lipinski definition) is 2. The normalized spacial score (nSPS) is 13.2. The molecule has 32 heavy (non-hydrogen) atoms. The second kappa shape index (κ2) is 8.51. The van der Waals surface area contributed by atoms with E-state index in [-0.39, 0.29) is 17.8 Å². The minimum atomic E-state index is -0.145. The number of para-hydroxylation sites is 2. The lowest BCUT2D eigenvalue weighted by molar-refractivity contribution is 0.206. The molecule has 2 amide bonds. The third-order valence-corrected chi connectivity index (χ3v) is 6.61. The van der Waals surface area contributed by atoms with Crippen molar-refractivity contribution in [3.8, 4) is 22.1 Å². The number of anilines is 1. The smallest absolute Gasteiger partial charge is 0.322 e. The molecule has 1 aliphatic rings. The first kappa shape index (κ1) is 20.3. The van der Waals surface area contributed by atoms with Crippen molar-refractivity contribution in [1.29, 1.82) is 0 Å². The van der Waals surface area contributed by atoms with Crippen LogP contribution in [-0.4, -0.2) is 34.2 Å². The van der Waals surface area contributed by atoms with E-state index in [0.29, 0.717) is 12.3 Å². The molecule has 2 N–H and O–H groups in total. The number of aromatic nitrogens is 1. The minimum Gasteiger partial charge on any atom is -0.504 e. The van der Waals surface area contributed by atoms with Crippen molar-refractivity contribution in [3.05, 3.63) is 72.3 Å². The van der Waals surface area contributed by atoms with Gasteiger partial charge >= 0.3 is 6.03 Å². The maximum absolute atomic E-state index is 13.3. The maximum Gasteiger partial charge on any atom is 0.322 e. The molecule has 1 heterocycles. The molecular weight excluding hydrogens is 422 g/mol. The summed E-state index contributed by atoms with van der Waals surface area (Å²) in [6, 6.07) is 21.1. The van der Waals surface area contributed by atoms with Crippen LogP contribution in [0.2, 0.25) is 0 Å². The van der Waals surface area contributed by atoms with Crippen molar-refractivity contribution in [2.24, 2.45) is 0 Å². The van der Waals surface area contributed by atoms with Crippen molar-refractivity contribution < 1.29 is 14.6 Å². The number of thiazole rings is 1. The van der Waals surface area contributed by atoms with E-state index in [1.807, 2.05) is 53.4 Å². The first-order valence-electron chi connectivity index (χ1n) is 10.5.